The van der Waals surface area contributed by atoms with Crippen molar-refractivity contribution in [3.05, 3.63) is 0 Å². The third-order valence-electron chi connectivity index (χ3n) is 5.63. The van der Waals surface area contributed by atoms with Crippen molar-refractivity contribution in [1.29, 1.82) is 0 Å². The quantitative estimate of drug-likeness (QED) is 0.784. The fourth-order valence-corrected chi connectivity index (χ4v) is 5.79. The maximum atomic E-state index is 6.40. The lowest BCUT2D eigenvalue weighted by molar-refractivity contribution is -0.0610. The van der Waals surface area contributed by atoms with Crippen LogP contribution >= 0.6 is 0 Å². The molecule has 4 saturated carbocycles. The standard InChI is InChI=1S/C16H29N/c1-11(2)3-15(17)10-16-7-12-4-13(8-16)6-14(5-12)9-16/h11-15H,3-10,17H2,1-2H3. The molecule has 1 unspecified atom stereocenters. The number of hydrogen-bond donors (Lipinski definition) is 1. The summed E-state index contributed by atoms with van der Waals surface area (Å²) in [5, 5.41) is 0. The highest BCUT2D eigenvalue weighted by Crippen LogP contribution is 2.61. The van der Waals surface area contributed by atoms with E-state index in [4.69, 9.17) is 5.73 Å². The average molecular weight is 235 g/mol. The van der Waals surface area contributed by atoms with Gasteiger partial charge in [-0.05, 0) is 80.5 Å². The first-order valence-corrected chi connectivity index (χ1v) is 7.80. The van der Waals surface area contributed by atoms with E-state index in [1.54, 1.807) is 19.3 Å². The van der Waals surface area contributed by atoms with Gasteiger partial charge in [0.2, 0.25) is 0 Å². The first-order chi connectivity index (χ1) is 8.05. The topological polar surface area (TPSA) is 26.0 Å². The Labute approximate surface area is 107 Å². The highest BCUT2D eigenvalue weighted by Gasteiger charge is 2.50. The second-order valence-electron chi connectivity index (χ2n) is 8.01. The summed E-state index contributed by atoms with van der Waals surface area (Å²) in [6.45, 7) is 4.61. The van der Waals surface area contributed by atoms with Crippen molar-refractivity contribution >= 4 is 0 Å². The Balaban J connectivity index is 1.65. The molecule has 4 fully saturated rings. The summed E-state index contributed by atoms with van der Waals surface area (Å²) in [6, 6.07) is 0.464. The summed E-state index contributed by atoms with van der Waals surface area (Å²) in [5.74, 6) is 3.99. The summed E-state index contributed by atoms with van der Waals surface area (Å²) >= 11 is 0. The fraction of sp³-hybridized carbons (Fsp3) is 1.00. The lowest BCUT2D eigenvalue weighted by Gasteiger charge is -2.57. The molecule has 0 aromatic rings. The highest BCUT2D eigenvalue weighted by atomic mass is 14.7. The van der Waals surface area contributed by atoms with E-state index in [1.807, 2.05) is 0 Å². The molecule has 4 aliphatic rings. The number of hydrogen-bond acceptors (Lipinski definition) is 1. The highest BCUT2D eigenvalue weighted by molar-refractivity contribution is 5.02. The van der Waals surface area contributed by atoms with Gasteiger partial charge in [0.05, 0.1) is 0 Å². The Kier molecular flexibility index (Phi) is 3.01. The van der Waals surface area contributed by atoms with Gasteiger partial charge in [0.1, 0.15) is 0 Å². The van der Waals surface area contributed by atoms with Gasteiger partial charge in [0.25, 0.3) is 0 Å². The van der Waals surface area contributed by atoms with E-state index in [1.165, 1.54) is 32.1 Å². The lowest BCUT2D eigenvalue weighted by Crippen LogP contribution is -2.48. The largest absolute Gasteiger partial charge is 0.328 e. The Morgan fingerprint density at radius 2 is 1.47 bits per heavy atom. The molecule has 1 nitrogen and oxygen atoms in total. The van der Waals surface area contributed by atoms with Crippen molar-refractivity contribution in [3.8, 4) is 0 Å². The van der Waals surface area contributed by atoms with Crippen LogP contribution < -0.4 is 5.73 Å². The molecule has 0 saturated heterocycles. The van der Waals surface area contributed by atoms with Crippen molar-refractivity contribution in [2.45, 2.75) is 71.3 Å². The van der Waals surface area contributed by atoms with E-state index in [9.17, 15) is 0 Å². The van der Waals surface area contributed by atoms with Gasteiger partial charge in [-0.15, -0.1) is 0 Å². The predicted octanol–water partition coefficient (Wildman–Crippen LogP) is 3.97. The molecule has 1 atom stereocenters. The summed E-state index contributed by atoms with van der Waals surface area (Å²) < 4.78 is 0. The van der Waals surface area contributed by atoms with Crippen LogP contribution in [-0.2, 0) is 0 Å². The minimum absolute atomic E-state index is 0.464. The summed E-state index contributed by atoms with van der Waals surface area (Å²) in [5.41, 5.74) is 7.08. The first kappa shape index (κ1) is 12.0. The summed E-state index contributed by atoms with van der Waals surface area (Å²) in [6.07, 6.45) is 11.8. The monoisotopic (exact) mass is 235 g/mol. The molecule has 0 aromatic heterocycles. The van der Waals surface area contributed by atoms with Crippen LogP contribution in [0.5, 0.6) is 0 Å². The van der Waals surface area contributed by atoms with Crippen LogP contribution in [0.3, 0.4) is 0 Å². The van der Waals surface area contributed by atoms with Crippen LogP contribution in [0.1, 0.15) is 65.2 Å². The van der Waals surface area contributed by atoms with Crippen molar-refractivity contribution in [2.24, 2.45) is 34.8 Å². The molecule has 98 valence electrons. The van der Waals surface area contributed by atoms with E-state index in [0.717, 1.165) is 23.7 Å². The van der Waals surface area contributed by atoms with Crippen molar-refractivity contribution in [3.63, 3.8) is 0 Å². The number of rotatable bonds is 4. The molecule has 0 spiro atoms. The van der Waals surface area contributed by atoms with Crippen LogP contribution in [0.2, 0.25) is 0 Å². The summed E-state index contributed by atoms with van der Waals surface area (Å²) in [4.78, 5) is 0. The maximum Gasteiger partial charge on any atom is 0.00465 e. The zero-order valence-corrected chi connectivity index (χ0v) is 11.6. The van der Waals surface area contributed by atoms with Crippen molar-refractivity contribution in [2.75, 3.05) is 0 Å². The molecule has 4 bridgehead atoms. The molecule has 17 heavy (non-hydrogen) atoms. The molecule has 2 N–H and O–H groups in total. The van der Waals surface area contributed by atoms with Gasteiger partial charge in [-0.2, -0.15) is 0 Å². The molecule has 0 aliphatic heterocycles. The predicted molar refractivity (Wildman–Crippen MR) is 72.7 cm³/mol. The average Bonchev–Trinajstić information content (AvgIpc) is 2.11. The molecular formula is C16H29N. The summed E-state index contributed by atoms with van der Waals surface area (Å²) in [7, 11) is 0. The Hall–Kier alpha value is -0.0400. The second-order valence-corrected chi connectivity index (χ2v) is 8.01. The third kappa shape index (κ3) is 2.41. The van der Waals surface area contributed by atoms with Crippen LogP contribution in [0.4, 0.5) is 0 Å². The number of nitrogens with two attached hydrogens (primary N) is 1. The van der Waals surface area contributed by atoms with Crippen LogP contribution in [0, 0.1) is 29.1 Å². The maximum absolute atomic E-state index is 6.40. The van der Waals surface area contributed by atoms with Crippen molar-refractivity contribution in [1.82, 2.24) is 0 Å². The van der Waals surface area contributed by atoms with E-state index < -0.39 is 0 Å². The van der Waals surface area contributed by atoms with E-state index in [2.05, 4.69) is 13.8 Å². The minimum atomic E-state index is 0.464. The zero-order chi connectivity index (χ0) is 12.0. The first-order valence-electron chi connectivity index (χ1n) is 7.80. The molecule has 4 rings (SSSR count). The van der Waals surface area contributed by atoms with Crippen LogP contribution in [0.25, 0.3) is 0 Å². The normalized spacial score (nSPS) is 45.5. The minimum Gasteiger partial charge on any atom is -0.328 e. The molecule has 4 aliphatic carbocycles. The second kappa shape index (κ2) is 4.26. The molecule has 0 aromatic carbocycles. The Morgan fingerprint density at radius 1 is 1.00 bits per heavy atom. The van der Waals surface area contributed by atoms with Gasteiger partial charge in [0, 0.05) is 6.04 Å². The van der Waals surface area contributed by atoms with Crippen molar-refractivity contribution < 1.29 is 0 Å². The Bertz CT molecular complexity index is 246. The van der Waals surface area contributed by atoms with E-state index in [-0.39, 0.29) is 0 Å². The molecule has 0 heterocycles. The van der Waals surface area contributed by atoms with Gasteiger partial charge >= 0.3 is 0 Å². The van der Waals surface area contributed by atoms with E-state index in [0.29, 0.717) is 11.5 Å². The van der Waals surface area contributed by atoms with E-state index >= 15 is 0 Å². The smallest absolute Gasteiger partial charge is 0.00465 e. The molecule has 1 heteroatoms. The van der Waals surface area contributed by atoms with Crippen LogP contribution in [-0.4, -0.2) is 6.04 Å². The van der Waals surface area contributed by atoms with Crippen LogP contribution in [0.15, 0.2) is 0 Å². The Morgan fingerprint density at radius 3 is 1.88 bits per heavy atom. The zero-order valence-electron chi connectivity index (χ0n) is 11.6. The van der Waals surface area contributed by atoms with Gasteiger partial charge in [0.15, 0.2) is 0 Å². The van der Waals surface area contributed by atoms with Gasteiger partial charge in [-0.25, -0.2) is 0 Å². The molecular weight excluding hydrogens is 206 g/mol. The molecule has 0 amide bonds. The third-order valence-corrected chi connectivity index (χ3v) is 5.63. The van der Waals surface area contributed by atoms with Gasteiger partial charge in [-0.1, -0.05) is 13.8 Å². The lowest BCUT2D eigenvalue weighted by atomic mass is 9.48. The van der Waals surface area contributed by atoms with Gasteiger partial charge in [-0.3, -0.25) is 0 Å². The van der Waals surface area contributed by atoms with Gasteiger partial charge < -0.3 is 5.73 Å². The SMILES string of the molecule is CC(C)CC(N)CC12CC3CC(CC(C3)C1)C2. The fourth-order valence-electron chi connectivity index (χ4n) is 5.79. The molecule has 0 radical (unpaired) electrons.